The lowest BCUT2D eigenvalue weighted by Gasteiger charge is -2.20. The zero-order valence-electron chi connectivity index (χ0n) is 16.6. The lowest BCUT2D eigenvalue weighted by atomic mass is 9.90. The number of nitrogens with zero attached hydrogens (tertiary/aromatic N) is 1. The maximum absolute atomic E-state index is 12.9. The number of hydrogen-bond acceptors (Lipinski definition) is 4. The van der Waals surface area contributed by atoms with Crippen molar-refractivity contribution in [3.8, 4) is 0 Å². The van der Waals surface area contributed by atoms with E-state index in [1.165, 1.54) is 11.3 Å². The van der Waals surface area contributed by atoms with Crippen molar-refractivity contribution in [2.45, 2.75) is 38.6 Å². The van der Waals surface area contributed by atoms with Gasteiger partial charge in [-0.05, 0) is 49.9 Å². The fourth-order valence-electron chi connectivity index (χ4n) is 3.55. The van der Waals surface area contributed by atoms with Crippen LogP contribution < -0.4 is 10.6 Å². The molecule has 154 valence electrons. The first-order chi connectivity index (χ1) is 14.5. The van der Waals surface area contributed by atoms with Crippen molar-refractivity contribution in [3.05, 3.63) is 80.8 Å². The number of carbonyl (C=O) groups is 2. The summed E-state index contributed by atoms with van der Waals surface area (Å²) in [6.45, 7) is 2.36. The normalized spacial score (nSPS) is 15.3. The molecule has 1 heterocycles. The molecule has 0 fully saturated rings. The van der Waals surface area contributed by atoms with Gasteiger partial charge in [0, 0.05) is 22.0 Å². The van der Waals surface area contributed by atoms with Gasteiger partial charge < -0.3 is 5.32 Å². The van der Waals surface area contributed by atoms with Crippen molar-refractivity contribution in [1.82, 2.24) is 10.3 Å². The van der Waals surface area contributed by atoms with E-state index in [1.54, 1.807) is 12.1 Å². The number of carbonyl (C=O) groups excluding carboxylic acids is 2. The molecule has 2 N–H and O–H groups in total. The zero-order chi connectivity index (χ0) is 21.1. The van der Waals surface area contributed by atoms with Crippen LogP contribution in [0.2, 0.25) is 5.02 Å². The number of anilines is 1. The molecule has 0 saturated carbocycles. The number of thiazole rings is 1. The van der Waals surface area contributed by atoms with Gasteiger partial charge in [-0.25, -0.2) is 4.98 Å². The third kappa shape index (κ3) is 4.55. The van der Waals surface area contributed by atoms with E-state index >= 15 is 0 Å². The molecule has 0 radical (unpaired) electrons. The second-order valence-electron chi connectivity index (χ2n) is 7.40. The molecular weight excluding hydrogens is 418 g/mol. The maximum Gasteiger partial charge on any atom is 0.257 e. The van der Waals surface area contributed by atoms with Crippen molar-refractivity contribution in [2.24, 2.45) is 0 Å². The second-order valence-corrected chi connectivity index (χ2v) is 8.89. The highest BCUT2D eigenvalue weighted by atomic mass is 35.5. The first kappa shape index (κ1) is 20.6. The molecular formula is C23H22ClN3O2S. The number of halogens is 1. The van der Waals surface area contributed by atoms with Gasteiger partial charge in [0.2, 0.25) is 5.91 Å². The SMILES string of the molecule is Cc1ccc(C(=O)Nc2nc3c(s2)CCCC3C(=O)NCc2ccccc2Cl)cc1. The topological polar surface area (TPSA) is 71.1 Å². The third-order valence-corrected chi connectivity index (χ3v) is 6.63. The van der Waals surface area contributed by atoms with E-state index in [0.29, 0.717) is 22.3 Å². The van der Waals surface area contributed by atoms with Crippen molar-refractivity contribution < 1.29 is 9.59 Å². The number of amides is 2. The van der Waals surface area contributed by atoms with Crippen molar-refractivity contribution in [2.75, 3.05) is 5.32 Å². The van der Waals surface area contributed by atoms with E-state index in [-0.39, 0.29) is 17.7 Å². The van der Waals surface area contributed by atoms with Crippen molar-refractivity contribution >= 4 is 39.9 Å². The summed E-state index contributed by atoms with van der Waals surface area (Å²) in [5.41, 5.74) is 3.35. The molecule has 0 aliphatic heterocycles. The highest BCUT2D eigenvalue weighted by molar-refractivity contribution is 7.16. The first-order valence-corrected chi connectivity index (χ1v) is 11.1. The zero-order valence-corrected chi connectivity index (χ0v) is 18.1. The lowest BCUT2D eigenvalue weighted by molar-refractivity contribution is -0.123. The van der Waals surface area contributed by atoms with Crippen molar-refractivity contribution in [3.63, 3.8) is 0 Å². The van der Waals surface area contributed by atoms with Gasteiger partial charge >= 0.3 is 0 Å². The van der Waals surface area contributed by atoms with Crippen LogP contribution in [0.1, 0.15) is 50.8 Å². The molecule has 1 aromatic heterocycles. The number of hydrogen-bond donors (Lipinski definition) is 2. The second kappa shape index (κ2) is 8.98. The highest BCUT2D eigenvalue weighted by Crippen LogP contribution is 2.37. The van der Waals surface area contributed by atoms with Gasteiger partial charge in [0.05, 0.1) is 11.6 Å². The standard InChI is InChI=1S/C23H22ClN3O2S/c1-14-9-11-15(12-10-14)21(28)27-23-26-20-17(6-4-8-19(20)30-23)22(29)25-13-16-5-2-3-7-18(16)24/h2-3,5,7,9-12,17H,4,6,8,13H2,1H3,(H,25,29)(H,26,27,28). The smallest absolute Gasteiger partial charge is 0.257 e. The number of benzene rings is 2. The Morgan fingerprint density at radius 3 is 2.70 bits per heavy atom. The molecule has 2 aromatic carbocycles. The summed E-state index contributed by atoms with van der Waals surface area (Å²) in [7, 11) is 0. The monoisotopic (exact) mass is 439 g/mol. The van der Waals surface area contributed by atoms with Crippen LogP contribution in [0.3, 0.4) is 0 Å². The van der Waals surface area contributed by atoms with Gasteiger partial charge in [-0.2, -0.15) is 0 Å². The molecule has 1 unspecified atom stereocenters. The largest absolute Gasteiger partial charge is 0.351 e. The van der Waals surface area contributed by atoms with Crippen LogP contribution in [0.15, 0.2) is 48.5 Å². The predicted octanol–water partition coefficient (Wildman–Crippen LogP) is 5.09. The highest BCUT2D eigenvalue weighted by Gasteiger charge is 2.30. The average molecular weight is 440 g/mol. The minimum Gasteiger partial charge on any atom is -0.351 e. The lowest BCUT2D eigenvalue weighted by Crippen LogP contribution is -2.31. The Kier molecular flexibility index (Phi) is 6.16. The quantitative estimate of drug-likeness (QED) is 0.581. The Balaban J connectivity index is 1.45. The Morgan fingerprint density at radius 1 is 1.17 bits per heavy atom. The number of fused-ring (bicyclic) bond motifs is 1. The predicted molar refractivity (Wildman–Crippen MR) is 120 cm³/mol. The fourth-order valence-corrected chi connectivity index (χ4v) is 4.81. The maximum atomic E-state index is 12.9. The number of aryl methyl sites for hydroxylation is 2. The molecule has 0 spiro atoms. The van der Waals surface area contributed by atoms with Gasteiger partial charge in [-0.1, -0.05) is 47.5 Å². The minimum atomic E-state index is -0.308. The molecule has 0 bridgehead atoms. The third-order valence-electron chi connectivity index (χ3n) is 5.22. The number of aromatic nitrogens is 1. The van der Waals surface area contributed by atoms with Crippen LogP contribution in [0.4, 0.5) is 5.13 Å². The van der Waals surface area contributed by atoms with E-state index in [1.807, 2.05) is 43.3 Å². The summed E-state index contributed by atoms with van der Waals surface area (Å²) in [6, 6.07) is 14.9. The van der Waals surface area contributed by atoms with Crippen LogP contribution in [-0.4, -0.2) is 16.8 Å². The molecule has 3 aromatic rings. The molecule has 30 heavy (non-hydrogen) atoms. The van der Waals surface area contributed by atoms with E-state index in [0.717, 1.165) is 41.0 Å². The van der Waals surface area contributed by atoms with Crippen LogP contribution in [0.5, 0.6) is 0 Å². The molecule has 1 aliphatic rings. The van der Waals surface area contributed by atoms with E-state index in [4.69, 9.17) is 11.6 Å². The van der Waals surface area contributed by atoms with Gasteiger partial charge in [0.25, 0.3) is 5.91 Å². The molecule has 4 rings (SSSR count). The molecule has 1 aliphatic carbocycles. The van der Waals surface area contributed by atoms with Crippen LogP contribution in [0.25, 0.3) is 0 Å². The summed E-state index contributed by atoms with van der Waals surface area (Å²) in [4.78, 5) is 31.0. The summed E-state index contributed by atoms with van der Waals surface area (Å²) in [6.07, 6.45) is 2.54. The number of nitrogens with one attached hydrogen (secondary N) is 2. The molecule has 5 nitrogen and oxygen atoms in total. The van der Waals surface area contributed by atoms with Gasteiger partial charge in [-0.15, -0.1) is 11.3 Å². The van der Waals surface area contributed by atoms with Crippen LogP contribution in [0, 0.1) is 6.92 Å². The molecule has 7 heteroatoms. The average Bonchev–Trinajstić information content (AvgIpc) is 3.15. The Hall–Kier alpha value is -2.70. The van der Waals surface area contributed by atoms with Crippen molar-refractivity contribution in [1.29, 1.82) is 0 Å². The Labute approximate surface area is 184 Å². The molecule has 0 saturated heterocycles. The number of rotatable bonds is 5. The van der Waals surface area contributed by atoms with E-state index in [2.05, 4.69) is 15.6 Å². The van der Waals surface area contributed by atoms with Gasteiger partial charge in [0.1, 0.15) is 0 Å². The summed E-state index contributed by atoms with van der Waals surface area (Å²) >= 11 is 7.64. The van der Waals surface area contributed by atoms with E-state index < -0.39 is 0 Å². The summed E-state index contributed by atoms with van der Waals surface area (Å²) in [5, 5.41) is 7.04. The molecule has 2 amide bonds. The fraction of sp³-hybridized carbons (Fsp3) is 0.261. The first-order valence-electron chi connectivity index (χ1n) is 9.90. The Morgan fingerprint density at radius 2 is 1.93 bits per heavy atom. The summed E-state index contributed by atoms with van der Waals surface area (Å²) in [5.74, 6) is -0.559. The van der Waals surface area contributed by atoms with E-state index in [9.17, 15) is 9.59 Å². The van der Waals surface area contributed by atoms with Crippen LogP contribution in [-0.2, 0) is 17.8 Å². The van der Waals surface area contributed by atoms with Gasteiger partial charge in [0.15, 0.2) is 5.13 Å². The summed E-state index contributed by atoms with van der Waals surface area (Å²) < 4.78 is 0. The van der Waals surface area contributed by atoms with Crippen LogP contribution >= 0.6 is 22.9 Å². The minimum absolute atomic E-state index is 0.0578. The Bertz CT molecular complexity index is 1080. The van der Waals surface area contributed by atoms with Gasteiger partial charge in [-0.3, -0.25) is 14.9 Å². The molecule has 1 atom stereocenters.